The van der Waals surface area contributed by atoms with Gasteiger partial charge in [0, 0.05) is 5.56 Å². The second kappa shape index (κ2) is 7.52. The van der Waals surface area contributed by atoms with Crippen molar-refractivity contribution >= 4 is 47.1 Å². The van der Waals surface area contributed by atoms with Gasteiger partial charge in [-0.1, -0.05) is 23.9 Å². The lowest BCUT2D eigenvalue weighted by atomic mass is 10.2. The Morgan fingerprint density at radius 1 is 1.47 bits per heavy atom. The normalized spacial score (nSPS) is 11.4. The quantitative estimate of drug-likeness (QED) is 0.375. The smallest absolute Gasteiger partial charge is 0.180 e. The number of hydrogen-bond donors (Lipinski definition) is 2. The van der Waals surface area contributed by atoms with E-state index in [9.17, 15) is 5.11 Å². The van der Waals surface area contributed by atoms with Crippen molar-refractivity contribution < 1.29 is 5.11 Å². The third kappa shape index (κ3) is 5.03. The monoisotopic (exact) mass is 337 g/mol. The van der Waals surface area contributed by atoms with Crippen molar-refractivity contribution in [3.8, 4) is 5.75 Å². The maximum atomic E-state index is 9.36. The van der Waals surface area contributed by atoms with Crippen molar-refractivity contribution in [3.05, 3.63) is 29.8 Å². The van der Waals surface area contributed by atoms with Gasteiger partial charge >= 0.3 is 0 Å². The Balaban J connectivity index is 0.00000196. The highest BCUT2D eigenvalue weighted by Crippen LogP contribution is 2.12. The molecule has 0 amide bonds. The maximum Gasteiger partial charge on any atom is 0.180 e. The summed E-state index contributed by atoms with van der Waals surface area (Å²) in [5.41, 5.74) is 6.03. The molecule has 0 saturated carbocycles. The van der Waals surface area contributed by atoms with Crippen LogP contribution in [0, 0.1) is 0 Å². The number of para-hydroxylation sites is 1. The van der Waals surface area contributed by atoms with Crippen LogP contribution in [0.25, 0.3) is 0 Å². The van der Waals surface area contributed by atoms with Crippen molar-refractivity contribution in [1.29, 1.82) is 0 Å². The molecule has 0 atom stereocenters. The number of aromatic hydroxyl groups is 1. The number of nitrogens with zero attached hydrogens (tertiary/aromatic N) is 2. The van der Waals surface area contributed by atoms with E-state index in [4.69, 9.17) is 5.73 Å². The third-order valence-electron chi connectivity index (χ3n) is 1.50. The fraction of sp³-hybridized carbons (Fsp3) is 0.111. The van der Waals surface area contributed by atoms with E-state index in [1.54, 1.807) is 18.2 Å². The highest BCUT2D eigenvalue weighted by atomic mass is 127. The van der Waals surface area contributed by atoms with Crippen molar-refractivity contribution in [2.24, 2.45) is 15.9 Å². The van der Waals surface area contributed by atoms with Crippen LogP contribution in [0.4, 0.5) is 0 Å². The Kier molecular flexibility index (Phi) is 7.14. The molecule has 0 spiro atoms. The van der Waals surface area contributed by atoms with Crippen molar-refractivity contribution in [2.45, 2.75) is 0 Å². The standard InChI is InChI=1S/C9H11N3OS.HI/c1-14-9(10)12-11-6-7-4-2-3-5-8(7)13;/h2-6,13H,1H3,(H2,10,12);1H/b11-6+;. The fourth-order valence-corrected chi connectivity index (χ4v) is 0.914. The van der Waals surface area contributed by atoms with Gasteiger partial charge in [0.1, 0.15) is 5.75 Å². The minimum atomic E-state index is 0. The number of thioether (sulfide) groups is 1. The zero-order chi connectivity index (χ0) is 10.4. The molecule has 3 N–H and O–H groups in total. The lowest BCUT2D eigenvalue weighted by molar-refractivity contribution is 0.474. The maximum absolute atomic E-state index is 9.36. The van der Waals surface area contributed by atoms with Gasteiger partial charge in [0.15, 0.2) is 5.17 Å². The number of benzene rings is 1. The van der Waals surface area contributed by atoms with Crippen LogP contribution in [-0.4, -0.2) is 22.7 Å². The molecule has 1 rings (SSSR count). The molecule has 1 aromatic carbocycles. The second-order valence-corrected chi connectivity index (χ2v) is 3.27. The molecule has 82 valence electrons. The summed E-state index contributed by atoms with van der Waals surface area (Å²) in [6.45, 7) is 0. The molecule has 0 bridgehead atoms. The first-order chi connectivity index (χ1) is 6.74. The summed E-state index contributed by atoms with van der Waals surface area (Å²) >= 11 is 1.32. The van der Waals surface area contributed by atoms with Crippen LogP contribution in [-0.2, 0) is 0 Å². The summed E-state index contributed by atoms with van der Waals surface area (Å²) in [6, 6.07) is 6.88. The van der Waals surface area contributed by atoms with E-state index in [0.717, 1.165) is 0 Å². The lowest BCUT2D eigenvalue weighted by Crippen LogP contribution is -2.03. The van der Waals surface area contributed by atoms with Crippen LogP contribution in [0.5, 0.6) is 5.75 Å². The number of rotatable bonds is 2. The first-order valence-electron chi connectivity index (χ1n) is 3.92. The van der Waals surface area contributed by atoms with Crippen LogP contribution >= 0.6 is 35.7 Å². The highest BCUT2D eigenvalue weighted by molar-refractivity contribution is 14.0. The van der Waals surface area contributed by atoms with Crippen LogP contribution in [0.3, 0.4) is 0 Å². The molecule has 15 heavy (non-hydrogen) atoms. The molecule has 0 aliphatic rings. The van der Waals surface area contributed by atoms with E-state index >= 15 is 0 Å². The van der Waals surface area contributed by atoms with Crippen LogP contribution in [0.15, 0.2) is 34.5 Å². The van der Waals surface area contributed by atoms with Crippen LogP contribution in [0.2, 0.25) is 0 Å². The molecular weight excluding hydrogens is 325 g/mol. The van der Waals surface area contributed by atoms with Gasteiger partial charge in [-0.15, -0.1) is 29.1 Å². The summed E-state index contributed by atoms with van der Waals surface area (Å²) in [6.07, 6.45) is 3.27. The fourth-order valence-electron chi connectivity index (χ4n) is 0.785. The molecule has 0 fully saturated rings. The Bertz CT molecular complexity index is 368. The molecule has 4 nitrogen and oxygen atoms in total. The molecule has 0 aliphatic carbocycles. The van der Waals surface area contributed by atoms with Gasteiger partial charge in [0.05, 0.1) is 6.21 Å². The zero-order valence-corrected chi connectivity index (χ0v) is 11.3. The predicted molar refractivity (Wildman–Crippen MR) is 76.3 cm³/mol. The number of halogens is 1. The minimum absolute atomic E-state index is 0. The topological polar surface area (TPSA) is 71.0 Å². The predicted octanol–water partition coefficient (Wildman–Crippen LogP) is 2.02. The zero-order valence-electron chi connectivity index (χ0n) is 8.12. The molecule has 6 heteroatoms. The lowest BCUT2D eigenvalue weighted by Gasteiger charge is -1.94. The van der Waals surface area contributed by atoms with Crippen molar-refractivity contribution in [3.63, 3.8) is 0 Å². The number of phenols is 1. The van der Waals surface area contributed by atoms with E-state index in [2.05, 4.69) is 10.2 Å². The van der Waals surface area contributed by atoms with E-state index in [-0.39, 0.29) is 29.7 Å². The van der Waals surface area contributed by atoms with Crippen LogP contribution < -0.4 is 5.73 Å². The molecule has 0 saturated heterocycles. The van der Waals surface area contributed by atoms with E-state index in [1.165, 1.54) is 18.0 Å². The van der Waals surface area contributed by atoms with E-state index in [0.29, 0.717) is 10.7 Å². The summed E-state index contributed by atoms with van der Waals surface area (Å²) < 4.78 is 0. The Hall–Kier alpha value is -0.760. The van der Waals surface area contributed by atoms with Crippen LogP contribution in [0.1, 0.15) is 5.56 Å². The Morgan fingerprint density at radius 3 is 2.73 bits per heavy atom. The molecular formula is C9H12IN3OS. The van der Waals surface area contributed by atoms with Gasteiger partial charge in [-0.3, -0.25) is 0 Å². The van der Waals surface area contributed by atoms with Crippen molar-refractivity contribution in [2.75, 3.05) is 6.26 Å². The second-order valence-electron chi connectivity index (χ2n) is 2.45. The molecule has 0 aromatic heterocycles. The van der Waals surface area contributed by atoms with Gasteiger partial charge in [0.2, 0.25) is 0 Å². The summed E-state index contributed by atoms with van der Waals surface area (Å²) in [5, 5.41) is 17.2. The molecule has 0 aliphatic heterocycles. The van der Waals surface area contributed by atoms with Gasteiger partial charge < -0.3 is 10.8 Å². The van der Waals surface area contributed by atoms with Gasteiger partial charge in [-0.05, 0) is 18.4 Å². The van der Waals surface area contributed by atoms with Gasteiger partial charge in [0.25, 0.3) is 0 Å². The number of phenolic OH excluding ortho intramolecular Hbond substituents is 1. The van der Waals surface area contributed by atoms with Gasteiger partial charge in [-0.25, -0.2) is 0 Å². The number of hydrogen-bond acceptors (Lipinski definition) is 4. The largest absolute Gasteiger partial charge is 0.507 e. The first kappa shape index (κ1) is 14.2. The Morgan fingerprint density at radius 2 is 2.13 bits per heavy atom. The number of nitrogens with two attached hydrogens (primary N) is 1. The molecule has 0 radical (unpaired) electrons. The minimum Gasteiger partial charge on any atom is -0.507 e. The Labute approximate surface area is 110 Å². The average molecular weight is 337 g/mol. The number of amidine groups is 1. The highest BCUT2D eigenvalue weighted by Gasteiger charge is 1.93. The summed E-state index contributed by atoms with van der Waals surface area (Å²) in [7, 11) is 0. The molecule has 0 heterocycles. The van der Waals surface area contributed by atoms with Crippen molar-refractivity contribution in [1.82, 2.24) is 0 Å². The first-order valence-corrected chi connectivity index (χ1v) is 5.15. The summed E-state index contributed by atoms with van der Waals surface area (Å²) in [5.74, 6) is 0.175. The molecule has 1 aromatic rings. The van der Waals surface area contributed by atoms with Gasteiger partial charge in [-0.2, -0.15) is 5.10 Å². The summed E-state index contributed by atoms with van der Waals surface area (Å²) in [4.78, 5) is 0. The van der Waals surface area contributed by atoms with E-state index in [1.807, 2.05) is 12.3 Å². The SMILES string of the molecule is CS/C(N)=N\N=C\c1ccccc1O.I. The molecule has 0 unspecified atom stereocenters. The average Bonchev–Trinajstić information content (AvgIpc) is 2.20. The third-order valence-corrected chi connectivity index (χ3v) is 2.00. The van der Waals surface area contributed by atoms with E-state index < -0.39 is 0 Å².